The van der Waals surface area contributed by atoms with Crippen molar-refractivity contribution in [3.8, 4) is 6.07 Å². The number of benzene rings is 1. The molecule has 3 rings (SSSR count). The number of anilines is 1. The number of ether oxygens (including phenoxy) is 1. The highest BCUT2D eigenvalue weighted by atomic mass is 32.2. The largest absolute Gasteiger partial charge is 0.465 e. The lowest BCUT2D eigenvalue weighted by Gasteiger charge is -2.28. The van der Waals surface area contributed by atoms with Crippen LogP contribution in [0.15, 0.2) is 62.7 Å². The molecule has 0 spiro atoms. The second-order valence-corrected chi connectivity index (χ2v) is 8.25. The quantitative estimate of drug-likeness (QED) is 0.596. The number of thioether (sulfide) groups is 1. The van der Waals surface area contributed by atoms with Crippen molar-refractivity contribution in [1.29, 1.82) is 5.26 Å². The number of hydrogen-bond acceptors (Lipinski definition) is 7. The minimum atomic E-state index is -0.705. The van der Waals surface area contributed by atoms with Gasteiger partial charge in [-0.15, -0.1) is 0 Å². The van der Waals surface area contributed by atoms with Crippen molar-refractivity contribution in [3.05, 3.63) is 75.4 Å². The van der Waals surface area contributed by atoms with Gasteiger partial charge in [0.25, 0.3) is 5.91 Å². The van der Waals surface area contributed by atoms with E-state index in [1.807, 2.05) is 31.2 Å². The van der Waals surface area contributed by atoms with Crippen LogP contribution in [0.2, 0.25) is 0 Å². The van der Waals surface area contributed by atoms with Crippen LogP contribution in [0.25, 0.3) is 0 Å². The van der Waals surface area contributed by atoms with Gasteiger partial charge in [-0.3, -0.25) is 9.59 Å². The molecule has 7 nitrogen and oxygen atoms in total. The SMILES string of the molecule is CCOC(=O)CSC1=C(C#N)[C@@H](c2ccc(C)o2)C(C(=O)Nc2ccccc2C)=C(C)N1. The minimum Gasteiger partial charge on any atom is -0.465 e. The molecule has 0 aliphatic carbocycles. The maximum atomic E-state index is 13.4. The number of allylic oxidation sites excluding steroid dienone is 2. The van der Waals surface area contributed by atoms with Gasteiger partial charge in [0.15, 0.2) is 0 Å². The number of nitrogens with one attached hydrogen (secondary N) is 2. The molecule has 1 aliphatic heterocycles. The van der Waals surface area contributed by atoms with Crippen molar-refractivity contribution in [2.75, 3.05) is 17.7 Å². The average Bonchev–Trinajstić information content (AvgIpc) is 3.19. The van der Waals surface area contributed by atoms with Gasteiger partial charge in [-0.25, -0.2) is 0 Å². The van der Waals surface area contributed by atoms with Crippen LogP contribution in [0.5, 0.6) is 0 Å². The lowest BCUT2D eigenvalue weighted by Crippen LogP contribution is -2.31. The fraction of sp³-hybridized carbons (Fsp3) is 0.292. The molecular formula is C24H25N3O4S. The summed E-state index contributed by atoms with van der Waals surface area (Å²) in [6.07, 6.45) is 0. The lowest BCUT2D eigenvalue weighted by molar-refractivity contribution is -0.139. The molecule has 0 unspecified atom stereocenters. The van der Waals surface area contributed by atoms with Crippen molar-refractivity contribution in [2.24, 2.45) is 0 Å². The Bertz CT molecular complexity index is 1140. The minimum absolute atomic E-state index is 0.0449. The predicted molar refractivity (Wildman–Crippen MR) is 124 cm³/mol. The summed E-state index contributed by atoms with van der Waals surface area (Å²) in [5, 5.41) is 16.6. The summed E-state index contributed by atoms with van der Waals surface area (Å²) < 4.78 is 10.8. The topological polar surface area (TPSA) is 104 Å². The predicted octanol–water partition coefficient (Wildman–Crippen LogP) is 4.53. The van der Waals surface area contributed by atoms with Gasteiger partial charge in [0.05, 0.1) is 40.5 Å². The van der Waals surface area contributed by atoms with Gasteiger partial charge >= 0.3 is 5.97 Å². The number of furan rings is 1. The molecule has 166 valence electrons. The van der Waals surface area contributed by atoms with Crippen molar-refractivity contribution in [3.63, 3.8) is 0 Å². The Morgan fingerprint density at radius 1 is 1.22 bits per heavy atom. The highest BCUT2D eigenvalue weighted by molar-refractivity contribution is 8.03. The number of hydrogen-bond donors (Lipinski definition) is 2. The van der Waals surface area contributed by atoms with E-state index >= 15 is 0 Å². The summed E-state index contributed by atoms with van der Waals surface area (Å²) in [6.45, 7) is 7.51. The summed E-state index contributed by atoms with van der Waals surface area (Å²) in [7, 11) is 0. The smallest absolute Gasteiger partial charge is 0.316 e. The number of nitrogens with zero attached hydrogens (tertiary/aromatic N) is 1. The molecule has 2 heterocycles. The van der Waals surface area contributed by atoms with E-state index in [0.717, 1.165) is 5.56 Å². The summed E-state index contributed by atoms with van der Waals surface area (Å²) >= 11 is 1.17. The summed E-state index contributed by atoms with van der Waals surface area (Å²) in [5.74, 6) is -0.200. The van der Waals surface area contributed by atoms with Crippen LogP contribution in [-0.4, -0.2) is 24.2 Å². The highest BCUT2D eigenvalue weighted by Gasteiger charge is 2.37. The zero-order valence-electron chi connectivity index (χ0n) is 18.4. The molecule has 1 aliphatic rings. The van der Waals surface area contributed by atoms with Crippen molar-refractivity contribution < 1.29 is 18.7 Å². The van der Waals surface area contributed by atoms with E-state index in [4.69, 9.17) is 9.15 Å². The Kier molecular flexibility index (Phi) is 7.44. The number of carbonyl (C=O) groups is 2. The van der Waals surface area contributed by atoms with Gasteiger partial charge in [-0.1, -0.05) is 30.0 Å². The van der Waals surface area contributed by atoms with E-state index in [1.54, 1.807) is 32.9 Å². The monoisotopic (exact) mass is 451 g/mol. The number of esters is 1. The second kappa shape index (κ2) is 10.2. The first-order chi connectivity index (χ1) is 15.3. The molecule has 1 aromatic heterocycles. The second-order valence-electron chi connectivity index (χ2n) is 7.26. The van der Waals surface area contributed by atoms with Crippen LogP contribution in [0.4, 0.5) is 5.69 Å². The third kappa shape index (κ3) is 5.06. The molecule has 0 fully saturated rings. The maximum absolute atomic E-state index is 13.4. The van der Waals surface area contributed by atoms with Crippen LogP contribution >= 0.6 is 11.8 Å². The molecule has 32 heavy (non-hydrogen) atoms. The van der Waals surface area contributed by atoms with E-state index in [2.05, 4.69) is 16.7 Å². The summed E-state index contributed by atoms with van der Waals surface area (Å²) in [6, 6.07) is 13.3. The molecule has 8 heteroatoms. The fourth-order valence-corrected chi connectivity index (χ4v) is 4.35. The maximum Gasteiger partial charge on any atom is 0.316 e. The first-order valence-corrected chi connectivity index (χ1v) is 11.2. The third-order valence-electron chi connectivity index (χ3n) is 4.97. The molecular weight excluding hydrogens is 426 g/mol. The van der Waals surface area contributed by atoms with E-state index in [0.29, 0.717) is 39.1 Å². The van der Waals surface area contributed by atoms with Gasteiger partial charge in [0, 0.05) is 11.4 Å². The molecule has 2 aromatic rings. The van der Waals surface area contributed by atoms with Crippen LogP contribution < -0.4 is 10.6 Å². The first-order valence-electron chi connectivity index (χ1n) is 10.2. The lowest BCUT2D eigenvalue weighted by atomic mass is 9.85. The molecule has 1 aromatic carbocycles. The van der Waals surface area contributed by atoms with Crippen LogP contribution in [0.3, 0.4) is 0 Å². The Balaban J connectivity index is 2.00. The van der Waals surface area contributed by atoms with Crippen LogP contribution in [0, 0.1) is 25.2 Å². The van der Waals surface area contributed by atoms with Gasteiger partial charge in [-0.2, -0.15) is 5.26 Å². The zero-order valence-corrected chi connectivity index (χ0v) is 19.3. The Hall–Kier alpha value is -3.44. The number of para-hydroxylation sites is 1. The highest BCUT2D eigenvalue weighted by Crippen LogP contribution is 2.41. The first kappa shape index (κ1) is 23.2. The average molecular weight is 452 g/mol. The Morgan fingerprint density at radius 2 is 1.97 bits per heavy atom. The molecule has 0 radical (unpaired) electrons. The summed E-state index contributed by atoms with van der Waals surface area (Å²) in [5.41, 5.74) is 2.90. The molecule has 0 saturated carbocycles. The van der Waals surface area contributed by atoms with E-state index in [-0.39, 0.29) is 24.2 Å². The van der Waals surface area contributed by atoms with Crippen LogP contribution in [0.1, 0.15) is 36.8 Å². The normalized spacial score (nSPS) is 15.8. The van der Waals surface area contributed by atoms with E-state index in [9.17, 15) is 14.9 Å². The number of amides is 1. The number of nitriles is 1. The van der Waals surface area contributed by atoms with E-state index in [1.165, 1.54) is 11.8 Å². The van der Waals surface area contributed by atoms with Crippen molar-refractivity contribution in [1.82, 2.24) is 5.32 Å². The standard InChI is InChI=1S/C24H25N3O4S/c1-5-30-20(28)13-32-24-17(12-25)22(19-11-10-15(3)31-19)21(16(4)26-24)23(29)27-18-9-7-6-8-14(18)2/h6-11,22,26H,5,13H2,1-4H3,(H,27,29)/t22-/m0/s1. The van der Waals surface area contributed by atoms with Gasteiger partial charge < -0.3 is 19.8 Å². The van der Waals surface area contributed by atoms with Gasteiger partial charge in [0.2, 0.25) is 0 Å². The van der Waals surface area contributed by atoms with Gasteiger partial charge in [0.1, 0.15) is 11.5 Å². The Morgan fingerprint density at radius 3 is 2.59 bits per heavy atom. The number of aryl methyl sites for hydroxylation is 2. The van der Waals surface area contributed by atoms with Crippen LogP contribution in [-0.2, 0) is 14.3 Å². The zero-order chi connectivity index (χ0) is 23.3. The molecule has 1 amide bonds. The number of carbonyl (C=O) groups excluding carboxylic acids is 2. The van der Waals surface area contributed by atoms with Crippen molar-refractivity contribution >= 4 is 29.3 Å². The molecule has 1 atom stereocenters. The molecule has 2 N–H and O–H groups in total. The molecule has 0 bridgehead atoms. The van der Waals surface area contributed by atoms with Gasteiger partial charge in [-0.05, 0) is 51.5 Å². The molecule has 0 saturated heterocycles. The Labute approximate surface area is 191 Å². The number of dihydropyridines is 1. The van der Waals surface area contributed by atoms with E-state index < -0.39 is 5.92 Å². The third-order valence-corrected chi connectivity index (χ3v) is 5.96. The van der Waals surface area contributed by atoms with Crippen molar-refractivity contribution in [2.45, 2.75) is 33.6 Å². The fourth-order valence-electron chi connectivity index (χ4n) is 3.46. The summed E-state index contributed by atoms with van der Waals surface area (Å²) in [4.78, 5) is 25.2. The number of rotatable bonds is 7.